The zero-order valence-corrected chi connectivity index (χ0v) is 11.5. The molecule has 0 saturated carbocycles. The maximum atomic E-state index is 13.1. The Morgan fingerprint density at radius 1 is 1.30 bits per heavy atom. The summed E-state index contributed by atoms with van der Waals surface area (Å²) in [6, 6.07) is 8.37. The van der Waals surface area contributed by atoms with Gasteiger partial charge in [0.2, 0.25) is 0 Å². The minimum Gasteiger partial charge on any atom is -0.383 e. The number of methoxy groups -OCH3 is 1. The van der Waals surface area contributed by atoms with Gasteiger partial charge in [0, 0.05) is 32.8 Å². The van der Waals surface area contributed by atoms with E-state index in [2.05, 4.69) is 15.3 Å². The number of hydrogen-bond acceptors (Lipinski definition) is 4. The molecule has 0 amide bonds. The number of nitrogens with zero attached hydrogens (tertiary/aromatic N) is 2. The molecule has 4 nitrogen and oxygen atoms in total. The van der Waals surface area contributed by atoms with Gasteiger partial charge in [-0.1, -0.05) is 12.1 Å². The van der Waals surface area contributed by atoms with Crippen LogP contribution in [0.15, 0.2) is 36.5 Å². The van der Waals surface area contributed by atoms with Crippen LogP contribution in [-0.4, -0.2) is 30.2 Å². The molecule has 0 atom stereocenters. The molecule has 20 heavy (non-hydrogen) atoms. The van der Waals surface area contributed by atoms with Crippen LogP contribution in [0.2, 0.25) is 0 Å². The van der Waals surface area contributed by atoms with Crippen molar-refractivity contribution in [1.82, 2.24) is 15.3 Å². The molecule has 1 heterocycles. The van der Waals surface area contributed by atoms with Gasteiger partial charge in [-0.25, -0.2) is 14.4 Å². The predicted molar refractivity (Wildman–Crippen MR) is 74.8 cm³/mol. The zero-order valence-electron chi connectivity index (χ0n) is 11.5. The molecule has 0 spiro atoms. The fourth-order valence-corrected chi connectivity index (χ4v) is 1.85. The Balaban J connectivity index is 1.95. The summed E-state index contributed by atoms with van der Waals surface area (Å²) in [5.41, 5.74) is 1.79. The van der Waals surface area contributed by atoms with E-state index in [1.165, 1.54) is 12.1 Å². The number of nitrogens with one attached hydrogen (secondary N) is 1. The molecule has 0 saturated heterocycles. The monoisotopic (exact) mass is 275 g/mol. The van der Waals surface area contributed by atoms with Crippen LogP contribution in [0.3, 0.4) is 0 Å². The first-order valence-electron chi connectivity index (χ1n) is 6.53. The maximum Gasteiger partial charge on any atom is 0.132 e. The van der Waals surface area contributed by atoms with Gasteiger partial charge >= 0.3 is 0 Å². The molecule has 0 bridgehead atoms. The van der Waals surface area contributed by atoms with E-state index in [0.717, 1.165) is 17.8 Å². The molecule has 0 radical (unpaired) electrons. The van der Waals surface area contributed by atoms with Crippen LogP contribution in [0.4, 0.5) is 4.39 Å². The molecule has 106 valence electrons. The quantitative estimate of drug-likeness (QED) is 0.785. The van der Waals surface area contributed by atoms with Gasteiger partial charge in [0.1, 0.15) is 11.6 Å². The fraction of sp³-hybridized carbons (Fsp3) is 0.333. The molecule has 0 aliphatic rings. The molecule has 2 rings (SSSR count). The number of benzene rings is 1. The summed E-state index contributed by atoms with van der Waals surface area (Å²) < 4.78 is 18.1. The number of aromatic nitrogens is 2. The van der Waals surface area contributed by atoms with Crippen molar-refractivity contribution in [3.8, 4) is 0 Å². The Bertz CT molecular complexity index is 548. The molecular formula is C15H18FN3O. The van der Waals surface area contributed by atoms with E-state index in [4.69, 9.17) is 4.74 Å². The highest BCUT2D eigenvalue weighted by molar-refractivity contribution is 5.20. The van der Waals surface area contributed by atoms with E-state index < -0.39 is 0 Å². The summed E-state index contributed by atoms with van der Waals surface area (Å²) in [5, 5.41) is 3.23. The Hall–Kier alpha value is -1.85. The van der Waals surface area contributed by atoms with Gasteiger partial charge in [-0.05, 0) is 23.8 Å². The largest absolute Gasteiger partial charge is 0.383 e. The second kappa shape index (κ2) is 7.67. The SMILES string of the molecule is COCCNCc1ccnc(Cc2cccc(F)c2)n1. The van der Waals surface area contributed by atoms with Gasteiger partial charge in [-0.3, -0.25) is 0 Å². The number of hydrogen-bond donors (Lipinski definition) is 1. The number of ether oxygens (including phenoxy) is 1. The van der Waals surface area contributed by atoms with E-state index in [-0.39, 0.29) is 5.82 Å². The third-order valence-electron chi connectivity index (χ3n) is 2.80. The van der Waals surface area contributed by atoms with Crippen LogP contribution in [0.1, 0.15) is 17.1 Å². The lowest BCUT2D eigenvalue weighted by molar-refractivity contribution is 0.199. The molecule has 1 N–H and O–H groups in total. The highest BCUT2D eigenvalue weighted by atomic mass is 19.1. The van der Waals surface area contributed by atoms with Crippen molar-refractivity contribution in [3.63, 3.8) is 0 Å². The average molecular weight is 275 g/mol. The normalized spacial score (nSPS) is 10.7. The van der Waals surface area contributed by atoms with Crippen molar-refractivity contribution in [2.75, 3.05) is 20.3 Å². The first-order chi connectivity index (χ1) is 9.78. The van der Waals surface area contributed by atoms with Crippen molar-refractivity contribution < 1.29 is 9.13 Å². The standard InChI is InChI=1S/C15H18FN3O/c1-20-8-7-17-11-14-5-6-18-15(19-14)10-12-3-2-4-13(16)9-12/h2-6,9,17H,7-8,10-11H2,1H3. The summed E-state index contributed by atoms with van der Waals surface area (Å²) in [7, 11) is 1.67. The Morgan fingerprint density at radius 2 is 2.20 bits per heavy atom. The fourth-order valence-electron chi connectivity index (χ4n) is 1.85. The van der Waals surface area contributed by atoms with Gasteiger partial charge in [0.15, 0.2) is 0 Å². The van der Waals surface area contributed by atoms with Crippen molar-refractivity contribution in [3.05, 3.63) is 59.4 Å². The van der Waals surface area contributed by atoms with Crippen LogP contribution < -0.4 is 5.32 Å². The van der Waals surface area contributed by atoms with Gasteiger partial charge in [0.05, 0.1) is 12.3 Å². The third kappa shape index (κ3) is 4.68. The van der Waals surface area contributed by atoms with Crippen molar-refractivity contribution in [2.45, 2.75) is 13.0 Å². The topological polar surface area (TPSA) is 47.0 Å². The first kappa shape index (κ1) is 14.6. The maximum absolute atomic E-state index is 13.1. The zero-order chi connectivity index (χ0) is 14.2. The van der Waals surface area contributed by atoms with Crippen LogP contribution in [0, 0.1) is 5.82 Å². The van der Waals surface area contributed by atoms with Crippen LogP contribution in [-0.2, 0) is 17.7 Å². The average Bonchev–Trinajstić information content (AvgIpc) is 2.44. The highest BCUT2D eigenvalue weighted by Crippen LogP contribution is 2.08. The highest BCUT2D eigenvalue weighted by Gasteiger charge is 2.02. The summed E-state index contributed by atoms with van der Waals surface area (Å²) in [6.07, 6.45) is 2.26. The molecule has 1 aromatic carbocycles. The second-order valence-corrected chi connectivity index (χ2v) is 4.44. The van der Waals surface area contributed by atoms with E-state index in [0.29, 0.717) is 25.4 Å². The Kier molecular flexibility index (Phi) is 5.58. The summed E-state index contributed by atoms with van der Waals surface area (Å²) in [6.45, 7) is 2.11. The van der Waals surface area contributed by atoms with E-state index in [9.17, 15) is 4.39 Å². The van der Waals surface area contributed by atoms with Crippen molar-refractivity contribution >= 4 is 0 Å². The van der Waals surface area contributed by atoms with Crippen molar-refractivity contribution in [2.24, 2.45) is 0 Å². The van der Waals surface area contributed by atoms with Crippen LogP contribution in [0.25, 0.3) is 0 Å². The lowest BCUT2D eigenvalue weighted by atomic mass is 10.1. The summed E-state index contributed by atoms with van der Waals surface area (Å²) in [4.78, 5) is 8.68. The summed E-state index contributed by atoms with van der Waals surface area (Å²) >= 11 is 0. The molecule has 0 unspecified atom stereocenters. The Morgan fingerprint density at radius 3 is 3.00 bits per heavy atom. The van der Waals surface area contributed by atoms with Gasteiger partial charge in [-0.2, -0.15) is 0 Å². The second-order valence-electron chi connectivity index (χ2n) is 4.44. The van der Waals surface area contributed by atoms with E-state index >= 15 is 0 Å². The lowest BCUT2D eigenvalue weighted by Crippen LogP contribution is -2.19. The number of halogens is 1. The molecule has 0 fully saturated rings. The third-order valence-corrected chi connectivity index (χ3v) is 2.80. The molecule has 1 aromatic heterocycles. The number of rotatable bonds is 7. The van der Waals surface area contributed by atoms with E-state index in [1.807, 2.05) is 12.1 Å². The first-order valence-corrected chi connectivity index (χ1v) is 6.53. The van der Waals surface area contributed by atoms with Gasteiger partial charge in [0.25, 0.3) is 0 Å². The molecule has 2 aromatic rings. The van der Waals surface area contributed by atoms with Crippen molar-refractivity contribution in [1.29, 1.82) is 0 Å². The molecule has 0 aliphatic carbocycles. The van der Waals surface area contributed by atoms with Crippen LogP contribution >= 0.6 is 0 Å². The lowest BCUT2D eigenvalue weighted by Gasteiger charge is -2.06. The summed E-state index contributed by atoms with van der Waals surface area (Å²) in [5.74, 6) is 0.460. The molecule has 0 aliphatic heterocycles. The predicted octanol–water partition coefficient (Wildman–Crippen LogP) is 1.94. The van der Waals surface area contributed by atoms with Gasteiger partial charge in [-0.15, -0.1) is 0 Å². The van der Waals surface area contributed by atoms with Crippen LogP contribution in [0.5, 0.6) is 0 Å². The van der Waals surface area contributed by atoms with Gasteiger partial charge < -0.3 is 10.1 Å². The minimum absolute atomic E-state index is 0.236. The smallest absolute Gasteiger partial charge is 0.132 e. The minimum atomic E-state index is -0.236. The Labute approximate surface area is 118 Å². The van der Waals surface area contributed by atoms with E-state index in [1.54, 1.807) is 19.4 Å². The molecule has 5 heteroatoms. The molecular weight excluding hydrogens is 257 g/mol.